The van der Waals surface area contributed by atoms with Crippen molar-refractivity contribution >= 4 is 44.5 Å². The van der Waals surface area contributed by atoms with E-state index in [2.05, 4.69) is 10.3 Å². The van der Waals surface area contributed by atoms with Crippen LogP contribution in [0.5, 0.6) is 0 Å². The zero-order valence-corrected chi connectivity index (χ0v) is 22.9. The Morgan fingerprint density at radius 3 is 2.54 bits per heavy atom. The molecule has 0 saturated heterocycles. The van der Waals surface area contributed by atoms with Crippen LogP contribution in [0.2, 0.25) is 5.02 Å². The Balaban J connectivity index is 1.22. The van der Waals surface area contributed by atoms with Crippen molar-refractivity contribution < 1.29 is 41.1 Å². The third-order valence-corrected chi connectivity index (χ3v) is 7.61. The van der Waals surface area contributed by atoms with Crippen LogP contribution in [0, 0.1) is 0 Å². The largest absolute Gasteiger partial charge is 0.440 e. The number of carbonyl (C=O) groups is 2. The second kappa shape index (κ2) is 13.4. The first-order valence-electron chi connectivity index (χ1n) is 12.4. The molecule has 3 aromatic rings. The van der Waals surface area contributed by atoms with E-state index in [1.165, 1.54) is 6.07 Å². The smallest absolute Gasteiger partial charge is 0.297 e. The summed E-state index contributed by atoms with van der Waals surface area (Å²) in [6, 6.07) is 7.55. The predicted octanol–water partition coefficient (Wildman–Crippen LogP) is 3.01. The monoisotopic (exact) mass is 583 g/mol. The van der Waals surface area contributed by atoms with Crippen molar-refractivity contribution in [2.45, 2.75) is 42.7 Å². The highest BCUT2D eigenvalue weighted by Gasteiger charge is 2.29. The summed E-state index contributed by atoms with van der Waals surface area (Å²) < 4.78 is 53.0. The van der Waals surface area contributed by atoms with Gasteiger partial charge in [-0.3, -0.25) is 9.59 Å². The summed E-state index contributed by atoms with van der Waals surface area (Å²) in [5, 5.41) is 2.92. The molecular formula is C25H30ClN3O9S. The second-order valence-electron chi connectivity index (χ2n) is 8.99. The Kier molecular flexibility index (Phi) is 9.97. The van der Waals surface area contributed by atoms with Crippen molar-refractivity contribution in [3.05, 3.63) is 47.0 Å². The van der Waals surface area contributed by atoms with Gasteiger partial charge in [0.15, 0.2) is 17.2 Å². The van der Waals surface area contributed by atoms with E-state index < -0.39 is 33.5 Å². The molecule has 1 saturated carbocycles. The van der Waals surface area contributed by atoms with E-state index in [-0.39, 0.29) is 30.9 Å². The maximum absolute atomic E-state index is 12.7. The number of halogens is 1. The SMILES string of the molecule is COCCOCCOCC(=O)NS(=O)(=O)c1ccc(C(=O)N[C@H]2CC[C@@H](c3nc4cc(Cl)ccc4o3)CC2)o1. The van der Waals surface area contributed by atoms with E-state index in [1.807, 2.05) is 4.72 Å². The highest BCUT2D eigenvalue weighted by Crippen LogP contribution is 2.34. The lowest BCUT2D eigenvalue weighted by atomic mass is 9.86. The number of nitrogens with zero attached hydrogens (tertiary/aromatic N) is 1. The zero-order chi connectivity index (χ0) is 27.8. The Bertz CT molecular complexity index is 1380. The molecule has 14 heteroatoms. The number of hydrogen-bond donors (Lipinski definition) is 2. The fourth-order valence-electron chi connectivity index (χ4n) is 4.18. The van der Waals surface area contributed by atoms with Crippen LogP contribution in [0.1, 0.15) is 48.0 Å². The molecule has 4 rings (SSSR count). The maximum Gasteiger partial charge on any atom is 0.297 e. The molecule has 39 heavy (non-hydrogen) atoms. The number of carbonyl (C=O) groups excluding carboxylic acids is 2. The van der Waals surface area contributed by atoms with Crippen LogP contribution in [-0.4, -0.2) is 71.4 Å². The number of fused-ring (bicyclic) bond motifs is 1. The molecule has 0 atom stereocenters. The van der Waals surface area contributed by atoms with Gasteiger partial charge in [-0.25, -0.2) is 9.71 Å². The lowest BCUT2D eigenvalue weighted by Crippen LogP contribution is -2.37. The first-order chi connectivity index (χ1) is 18.7. The minimum Gasteiger partial charge on any atom is -0.440 e. The fraction of sp³-hybridized carbons (Fsp3) is 0.480. The average molecular weight is 584 g/mol. The van der Waals surface area contributed by atoms with Gasteiger partial charge in [-0.05, 0) is 56.0 Å². The molecule has 12 nitrogen and oxygen atoms in total. The van der Waals surface area contributed by atoms with Crippen molar-refractivity contribution in [1.29, 1.82) is 0 Å². The van der Waals surface area contributed by atoms with E-state index >= 15 is 0 Å². The fourth-order valence-corrected chi connectivity index (χ4v) is 5.25. The van der Waals surface area contributed by atoms with Gasteiger partial charge in [-0.15, -0.1) is 0 Å². The van der Waals surface area contributed by atoms with Gasteiger partial charge in [-0.2, -0.15) is 8.42 Å². The highest BCUT2D eigenvalue weighted by atomic mass is 35.5. The number of aromatic nitrogens is 1. The van der Waals surface area contributed by atoms with E-state index in [9.17, 15) is 18.0 Å². The third kappa shape index (κ3) is 8.02. The first kappa shape index (κ1) is 29.0. The van der Waals surface area contributed by atoms with Gasteiger partial charge in [0.2, 0.25) is 5.09 Å². The minimum atomic E-state index is -4.31. The molecular weight excluding hydrogens is 554 g/mol. The van der Waals surface area contributed by atoms with Crippen LogP contribution in [-0.2, 0) is 29.0 Å². The molecule has 1 fully saturated rings. The number of furan rings is 1. The van der Waals surface area contributed by atoms with E-state index in [4.69, 9.17) is 34.6 Å². The van der Waals surface area contributed by atoms with Gasteiger partial charge in [0, 0.05) is 24.1 Å². The zero-order valence-electron chi connectivity index (χ0n) is 21.3. The van der Waals surface area contributed by atoms with E-state index in [1.54, 1.807) is 25.3 Å². The number of amides is 2. The van der Waals surface area contributed by atoms with Crippen LogP contribution < -0.4 is 10.0 Å². The van der Waals surface area contributed by atoms with Gasteiger partial charge in [0.25, 0.3) is 21.8 Å². The van der Waals surface area contributed by atoms with Crippen LogP contribution in [0.4, 0.5) is 0 Å². The van der Waals surface area contributed by atoms with Gasteiger partial charge in [-0.1, -0.05) is 11.6 Å². The van der Waals surface area contributed by atoms with Crippen LogP contribution in [0.15, 0.2) is 44.3 Å². The van der Waals surface area contributed by atoms with E-state index in [0.717, 1.165) is 18.9 Å². The average Bonchev–Trinajstić information content (AvgIpc) is 3.56. The van der Waals surface area contributed by atoms with Crippen molar-refractivity contribution in [3.8, 4) is 0 Å². The molecule has 1 aromatic carbocycles. The third-order valence-electron chi connectivity index (χ3n) is 6.13. The number of nitrogens with one attached hydrogen (secondary N) is 2. The summed E-state index contributed by atoms with van der Waals surface area (Å²) >= 11 is 6.03. The number of sulfonamides is 1. The maximum atomic E-state index is 12.7. The molecule has 0 radical (unpaired) electrons. The minimum absolute atomic E-state index is 0.105. The van der Waals surface area contributed by atoms with Crippen LogP contribution in [0.25, 0.3) is 11.1 Å². The Labute approximate surface area is 230 Å². The molecule has 2 heterocycles. The summed E-state index contributed by atoms with van der Waals surface area (Å²) in [7, 11) is -2.76. The lowest BCUT2D eigenvalue weighted by Gasteiger charge is -2.27. The summed E-state index contributed by atoms with van der Waals surface area (Å²) in [6.45, 7) is 0.662. The standard InChI is InChI=1S/C25H30ClN3O9S/c1-34-10-11-35-12-13-36-15-22(30)29-39(32,33)23-9-8-21(37-23)24(31)27-18-5-2-16(3-6-18)25-28-19-14-17(26)4-7-20(19)38-25/h4,7-9,14,16,18H,2-3,5-6,10-13,15H2,1H3,(H,27,31)(H,29,30)/t16-,18+. The lowest BCUT2D eigenvalue weighted by molar-refractivity contribution is -0.124. The Morgan fingerprint density at radius 2 is 1.77 bits per heavy atom. The molecule has 1 aliphatic rings. The topological polar surface area (TPSA) is 159 Å². The quantitative estimate of drug-likeness (QED) is 0.286. The van der Waals surface area contributed by atoms with Crippen LogP contribution in [0.3, 0.4) is 0 Å². The number of ether oxygens (including phenoxy) is 3. The van der Waals surface area contributed by atoms with Gasteiger partial charge in [0.1, 0.15) is 12.1 Å². The summed E-state index contributed by atoms with van der Waals surface area (Å²) in [5.41, 5.74) is 1.39. The molecule has 0 spiro atoms. The van der Waals surface area contributed by atoms with Crippen molar-refractivity contribution in [2.75, 3.05) is 40.1 Å². The second-order valence-corrected chi connectivity index (χ2v) is 11.0. The number of hydrogen-bond acceptors (Lipinski definition) is 10. The number of oxazole rings is 1. The van der Waals surface area contributed by atoms with Gasteiger partial charge in [0.05, 0.1) is 26.4 Å². The summed E-state index contributed by atoms with van der Waals surface area (Å²) in [5.74, 6) is -0.820. The molecule has 2 aromatic heterocycles. The molecule has 0 aliphatic heterocycles. The molecule has 2 N–H and O–H groups in total. The molecule has 0 bridgehead atoms. The number of benzene rings is 1. The molecule has 1 aliphatic carbocycles. The highest BCUT2D eigenvalue weighted by molar-refractivity contribution is 7.89. The number of methoxy groups -OCH3 is 1. The first-order valence-corrected chi connectivity index (χ1v) is 14.3. The molecule has 2 amide bonds. The molecule has 212 valence electrons. The summed E-state index contributed by atoms with van der Waals surface area (Å²) in [4.78, 5) is 29.2. The predicted molar refractivity (Wildman–Crippen MR) is 139 cm³/mol. The van der Waals surface area contributed by atoms with Crippen molar-refractivity contribution in [1.82, 2.24) is 15.0 Å². The van der Waals surface area contributed by atoms with Crippen molar-refractivity contribution in [3.63, 3.8) is 0 Å². The number of rotatable bonds is 13. The Morgan fingerprint density at radius 1 is 1.03 bits per heavy atom. The normalized spacial score (nSPS) is 17.8. The van der Waals surface area contributed by atoms with E-state index in [0.29, 0.717) is 48.1 Å². The Hall–Kier alpha value is -2.97. The van der Waals surface area contributed by atoms with Crippen LogP contribution >= 0.6 is 11.6 Å². The van der Waals surface area contributed by atoms with Gasteiger partial charge < -0.3 is 28.4 Å². The van der Waals surface area contributed by atoms with Crippen molar-refractivity contribution in [2.24, 2.45) is 0 Å². The summed E-state index contributed by atoms with van der Waals surface area (Å²) in [6.07, 6.45) is 2.90. The molecule has 0 unspecified atom stereocenters. The van der Waals surface area contributed by atoms with Gasteiger partial charge >= 0.3 is 0 Å².